The number of hydrogen-bond acceptors (Lipinski definition) is 4. The lowest BCUT2D eigenvalue weighted by molar-refractivity contribution is 1.08. The molecule has 2 heterocycles. The summed E-state index contributed by atoms with van der Waals surface area (Å²) in [5, 5.41) is 3.97. The van der Waals surface area contributed by atoms with Crippen LogP contribution in [0.25, 0.3) is 10.9 Å². The summed E-state index contributed by atoms with van der Waals surface area (Å²) in [6, 6.07) is 1.88. The first-order chi connectivity index (χ1) is 7.72. The molecule has 0 bridgehead atoms. The Bertz CT molecular complexity index is 454. The normalized spacial score (nSPS) is 9.50. The van der Waals surface area contributed by atoms with E-state index in [-0.39, 0.29) is 0 Å². The van der Waals surface area contributed by atoms with Crippen LogP contribution in [0.5, 0.6) is 0 Å². The highest BCUT2D eigenvalue weighted by molar-refractivity contribution is 5.87. The number of fused-ring (bicyclic) bond motifs is 1. The van der Waals surface area contributed by atoms with Crippen molar-refractivity contribution in [1.82, 2.24) is 15.0 Å². The van der Waals surface area contributed by atoms with Crippen LogP contribution < -0.4 is 5.32 Å². The molecular formula is C12H18N4. The van der Waals surface area contributed by atoms with Crippen molar-refractivity contribution >= 4 is 16.7 Å². The summed E-state index contributed by atoms with van der Waals surface area (Å²) >= 11 is 0. The second kappa shape index (κ2) is 6.00. The minimum absolute atomic E-state index is 0.767. The molecule has 2 aromatic rings. The van der Waals surface area contributed by atoms with Crippen molar-refractivity contribution < 1.29 is 0 Å². The first-order valence-corrected chi connectivity index (χ1v) is 5.49. The first-order valence-electron chi connectivity index (χ1n) is 5.49. The molecule has 2 aromatic heterocycles. The van der Waals surface area contributed by atoms with Gasteiger partial charge in [0.1, 0.15) is 11.6 Å². The van der Waals surface area contributed by atoms with Crippen LogP contribution in [0.15, 0.2) is 18.5 Å². The molecule has 0 spiro atoms. The molecule has 0 saturated carbocycles. The van der Waals surface area contributed by atoms with Gasteiger partial charge in [0.25, 0.3) is 0 Å². The van der Waals surface area contributed by atoms with Crippen molar-refractivity contribution in [2.75, 3.05) is 12.4 Å². The summed E-state index contributed by atoms with van der Waals surface area (Å²) in [6.07, 6.45) is 4.74. The molecule has 2 rings (SSSR count). The standard InChI is InChI=1S/C9H10N4.C3H8/c1-6-12-8-3-4-11-5-7(8)9(10-2)13-6;1-3-2/h3-5H,1-2H3,(H,10,12,13);3H2,1-2H3. The maximum Gasteiger partial charge on any atom is 0.138 e. The second-order valence-corrected chi connectivity index (χ2v) is 3.47. The molecule has 4 nitrogen and oxygen atoms in total. The number of nitrogens with one attached hydrogen (secondary N) is 1. The Hall–Kier alpha value is -1.71. The van der Waals surface area contributed by atoms with E-state index in [0.29, 0.717) is 0 Å². The molecule has 0 atom stereocenters. The summed E-state index contributed by atoms with van der Waals surface area (Å²) in [4.78, 5) is 12.6. The lowest BCUT2D eigenvalue weighted by atomic mass is 10.3. The van der Waals surface area contributed by atoms with E-state index < -0.39 is 0 Å². The van der Waals surface area contributed by atoms with Crippen molar-refractivity contribution in [2.24, 2.45) is 0 Å². The van der Waals surface area contributed by atoms with Gasteiger partial charge in [-0.3, -0.25) is 4.98 Å². The minimum atomic E-state index is 0.767. The Morgan fingerprint density at radius 1 is 1.25 bits per heavy atom. The summed E-state index contributed by atoms with van der Waals surface area (Å²) in [5.74, 6) is 1.60. The van der Waals surface area contributed by atoms with Crippen molar-refractivity contribution in [1.29, 1.82) is 0 Å². The molecule has 0 aromatic carbocycles. The number of anilines is 1. The highest BCUT2D eigenvalue weighted by Gasteiger charge is 2.02. The second-order valence-electron chi connectivity index (χ2n) is 3.47. The van der Waals surface area contributed by atoms with E-state index in [0.717, 1.165) is 22.5 Å². The number of nitrogens with zero attached hydrogens (tertiary/aromatic N) is 3. The van der Waals surface area contributed by atoms with Crippen LogP contribution in [0.2, 0.25) is 0 Å². The molecule has 16 heavy (non-hydrogen) atoms. The van der Waals surface area contributed by atoms with Gasteiger partial charge in [-0.25, -0.2) is 9.97 Å². The molecule has 0 aliphatic rings. The van der Waals surface area contributed by atoms with E-state index in [2.05, 4.69) is 34.1 Å². The molecule has 0 fully saturated rings. The summed E-state index contributed by atoms with van der Waals surface area (Å²) in [7, 11) is 1.84. The Morgan fingerprint density at radius 2 is 1.94 bits per heavy atom. The molecule has 0 amide bonds. The Kier molecular flexibility index (Phi) is 4.64. The van der Waals surface area contributed by atoms with Crippen LogP contribution in [0.1, 0.15) is 26.1 Å². The third kappa shape index (κ3) is 2.89. The van der Waals surface area contributed by atoms with Crippen molar-refractivity contribution in [2.45, 2.75) is 27.2 Å². The zero-order valence-electron chi connectivity index (χ0n) is 10.3. The third-order valence-electron chi connectivity index (χ3n) is 1.85. The van der Waals surface area contributed by atoms with Crippen LogP contribution in [0, 0.1) is 6.92 Å². The Labute approximate surface area is 96.2 Å². The van der Waals surface area contributed by atoms with Gasteiger partial charge in [-0.1, -0.05) is 20.3 Å². The first kappa shape index (κ1) is 12.4. The predicted molar refractivity (Wildman–Crippen MR) is 67.6 cm³/mol. The highest BCUT2D eigenvalue weighted by atomic mass is 15.0. The van der Waals surface area contributed by atoms with Crippen molar-refractivity contribution in [3.63, 3.8) is 0 Å². The van der Waals surface area contributed by atoms with Gasteiger partial charge in [0, 0.05) is 19.4 Å². The average Bonchev–Trinajstić information content (AvgIpc) is 2.29. The topological polar surface area (TPSA) is 50.7 Å². The Balaban J connectivity index is 0.000000386. The molecule has 86 valence electrons. The van der Waals surface area contributed by atoms with E-state index in [1.165, 1.54) is 6.42 Å². The van der Waals surface area contributed by atoms with E-state index in [1.54, 1.807) is 12.4 Å². The lowest BCUT2D eigenvalue weighted by Crippen LogP contribution is -1.98. The van der Waals surface area contributed by atoms with Gasteiger partial charge in [-0.15, -0.1) is 0 Å². The zero-order chi connectivity index (χ0) is 12.0. The number of aromatic nitrogens is 3. The van der Waals surface area contributed by atoms with Gasteiger partial charge in [-0.05, 0) is 13.0 Å². The van der Waals surface area contributed by atoms with Gasteiger partial charge < -0.3 is 5.32 Å². The molecule has 0 aliphatic carbocycles. The molecule has 0 aliphatic heterocycles. The van der Waals surface area contributed by atoms with Crippen LogP contribution in [0.3, 0.4) is 0 Å². The third-order valence-corrected chi connectivity index (χ3v) is 1.85. The van der Waals surface area contributed by atoms with Crippen molar-refractivity contribution in [3.8, 4) is 0 Å². The largest absolute Gasteiger partial charge is 0.372 e. The average molecular weight is 218 g/mol. The van der Waals surface area contributed by atoms with E-state index in [1.807, 2.05) is 20.0 Å². The monoisotopic (exact) mass is 218 g/mol. The fourth-order valence-corrected chi connectivity index (χ4v) is 1.28. The number of aryl methyl sites for hydroxylation is 1. The van der Waals surface area contributed by atoms with Crippen LogP contribution in [-0.2, 0) is 0 Å². The van der Waals surface area contributed by atoms with E-state index in [9.17, 15) is 0 Å². The highest BCUT2D eigenvalue weighted by Crippen LogP contribution is 2.17. The summed E-state index contributed by atoms with van der Waals surface area (Å²) in [5.41, 5.74) is 0.923. The maximum atomic E-state index is 4.29. The zero-order valence-corrected chi connectivity index (χ0v) is 10.3. The van der Waals surface area contributed by atoms with Crippen LogP contribution >= 0.6 is 0 Å². The van der Waals surface area contributed by atoms with Crippen molar-refractivity contribution in [3.05, 3.63) is 24.3 Å². The smallest absolute Gasteiger partial charge is 0.138 e. The quantitative estimate of drug-likeness (QED) is 0.799. The van der Waals surface area contributed by atoms with Gasteiger partial charge in [0.15, 0.2) is 0 Å². The molecular weight excluding hydrogens is 200 g/mol. The number of pyridine rings is 1. The summed E-state index contributed by atoms with van der Waals surface area (Å²) < 4.78 is 0. The lowest BCUT2D eigenvalue weighted by Gasteiger charge is -2.04. The fraction of sp³-hybridized carbons (Fsp3) is 0.417. The molecule has 0 radical (unpaired) electrons. The maximum absolute atomic E-state index is 4.29. The molecule has 0 unspecified atom stereocenters. The van der Waals surface area contributed by atoms with Crippen LogP contribution in [0.4, 0.5) is 5.82 Å². The fourth-order valence-electron chi connectivity index (χ4n) is 1.28. The number of hydrogen-bond donors (Lipinski definition) is 1. The van der Waals surface area contributed by atoms with Gasteiger partial charge in [0.2, 0.25) is 0 Å². The predicted octanol–water partition coefficient (Wildman–Crippen LogP) is 2.79. The molecule has 1 N–H and O–H groups in total. The minimum Gasteiger partial charge on any atom is -0.372 e. The van der Waals surface area contributed by atoms with E-state index in [4.69, 9.17) is 0 Å². The number of rotatable bonds is 1. The van der Waals surface area contributed by atoms with Gasteiger partial charge in [0.05, 0.1) is 10.9 Å². The Morgan fingerprint density at radius 3 is 2.56 bits per heavy atom. The molecule has 0 saturated heterocycles. The van der Waals surface area contributed by atoms with Gasteiger partial charge in [-0.2, -0.15) is 0 Å². The molecule has 4 heteroatoms. The summed E-state index contributed by atoms with van der Waals surface area (Å²) in [6.45, 7) is 6.13. The van der Waals surface area contributed by atoms with E-state index >= 15 is 0 Å². The van der Waals surface area contributed by atoms with Crippen LogP contribution in [-0.4, -0.2) is 22.0 Å². The SMILES string of the molecule is CCC.CNc1nc(C)nc2ccncc12. The van der Waals surface area contributed by atoms with Gasteiger partial charge >= 0.3 is 0 Å².